The minimum Gasteiger partial charge on any atom is -0.496 e. The topological polar surface area (TPSA) is 55.8 Å². The Hall–Kier alpha value is -2.49. The van der Waals surface area contributed by atoms with Crippen molar-refractivity contribution < 1.29 is 19.4 Å². The van der Waals surface area contributed by atoms with E-state index in [4.69, 9.17) is 9.47 Å². The molecule has 1 aliphatic heterocycles. The summed E-state index contributed by atoms with van der Waals surface area (Å²) in [4.78, 5) is 11.6. The minimum absolute atomic E-state index is 0.298. The fourth-order valence-corrected chi connectivity index (χ4v) is 7.68. The van der Waals surface area contributed by atoms with Gasteiger partial charge in [0.25, 0.3) is 0 Å². The van der Waals surface area contributed by atoms with Crippen LogP contribution in [0.25, 0.3) is 0 Å². The van der Waals surface area contributed by atoms with Crippen molar-refractivity contribution in [2.75, 3.05) is 13.7 Å². The van der Waals surface area contributed by atoms with Crippen LogP contribution in [-0.4, -0.2) is 24.8 Å². The van der Waals surface area contributed by atoms with Crippen LogP contribution in [0.1, 0.15) is 72.5 Å². The van der Waals surface area contributed by atoms with E-state index in [0.717, 1.165) is 40.4 Å². The molecule has 4 fully saturated rings. The molecule has 1 heterocycles. The second kappa shape index (κ2) is 6.51. The van der Waals surface area contributed by atoms with Gasteiger partial charge in [0.05, 0.1) is 18.1 Å². The number of carboxylic acids is 1. The molecule has 0 saturated heterocycles. The molecular weight excluding hydrogens is 388 g/mol. The molecule has 7 rings (SSSR count). The Balaban J connectivity index is 1.47. The van der Waals surface area contributed by atoms with Crippen molar-refractivity contribution in [3.63, 3.8) is 0 Å². The maximum Gasteiger partial charge on any atom is 0.335 e. The SMILES string of the molecule is COc1ccc(C23CC4CC(CC(C4)C2)C3)cc1C1(C)COc2ccc(C(=O)O)cc21. The van der Waals surface area contributed by atoms with Crippen LogP contribution in [-0.2, 0) is 10.8 Å². The summed E-state index contributed by atoms with van der Waals surface area (Å²) in [6, 6.07) is 12.0. The molecule has 0 spiro atoms. The molecule has 1 N–H and O–H groups in total. The van der Waals surface area contributed by atoms with E-state index in [-0.39, 0.29) is 0 Å². The lowest BCUT2D eigenvalue weighted by Gasteiger charge is -2.57. The highest BCUT2D eigenvalue weighted by Gasteiger charge is 2.52. The van der Waals surface area contributed by atoms with Gasteiger partial charge < -0.3 is 14.6 Å². The smallest absolute Gasteiger partial charge is 0.335 e. The zero-order valence-corrected chi connectivity index (χ0v) is 18.3. The number of carbonyl (C=O) groups is 1. The molecule has 5 aliphatic rings. The number of ether oxygens (including phenoxy) is 2. The van der Waals surface area contributed by atoms with Crippen LogP contribution in [0.15, 0.2) is 36.4 Å². The molecule has 4 bridgehead atoms. The highest BCUT2D eigenvalue weighted by atomic mass is 16.5. The van der Waals surface area contributed by atoms with Crippen LogP contribution in [0.3, 0.4) is 0 Å². The van der Waals surface area contributed by atoms with Crippen molar-refractivity contribution in [1.29, 1.82) is 0 Å². The number of methoxy groups -OCH3 is 1. The molecule has 31 heavy (non-hydrogen) atoms. The number of aromatic carboxylic acids is 1. The van der Waals surface area contributed by atoms with Crippen molar-refractivity contribution >= 4 is 5.97 Å². The number of benzene rings is 2. The van der Waals surface area contributed by atoms with Gasteiger partial charge >= 0.3 is 5.97 Å². The van der Waals surface area contributed by atoms with Crippen LogP contribution in [0.5, 0.6) is 11.5 Å². The van der Waals surface area contributed by atoms with E-state index in [1.165, 1.54) is 44.1 Å². The van der Waals surface area contributed by atoms with Crippen molar-refractivity contribution in [3.05, 3.63) is 58.7 Å². The number of carboxylic acid groups (broad SMARTS) is 1. The average Bonchev–Trinajstić information content (AvgIpc) is 3.09. The maximum absolute atomic E-state index is 11.6. The van der Waals surface area contributed by atoms with E-state index in [1.807, 2.05) is 0 Å². The molecule has 4 heteroatoms. The molecule has 1 unspecified atom stereocenters. The molecule has 0 amide bonds. The third-order valence-electron chi connectivity index (χ3n) is 8.78. The molecule has 0 aromatic heterocycles. The first-order valence-electron chi connectivity index (χ1n) is 11.6. The molecule has 4 nitrogen and oxygen atoms in total. The highest BCUT2D eigenvalue weighted by Crippen LogP contribution is 2.61. The monoisotopic (exact) mass is 418 g/mol. The molecule has 4 saturated carbocycles. The van der Waals surface area contributed by atoms with Crippen LogP contribution in [0.2, 0.25) is 0 Å². The van der Waals surface area contributed by atoms with E-state index in [1.54, 1.807) is 25.3 Å². The molecule has 2 aromatic carbocycles. The van der Waals surface area contributed by atoms with Gasteiger partial charge in [-0.15, -0.1) is 0 Å². The van der Waals surface area contributed by atoms with Gasteiger partial charge in [-0.2, -0.15) is 0 Å². The molecular formula is C27H30O4. The number of hydrogen-bond acceptors (Lipinski definition) is 3. The standard InChI is InChI=1S/C27H30O4/c1-26(15-31-24-5-3-19(25(28)29)10-21(24)26)22-11-20(4-6-23(22)30-2)27-12-16-7-17(13-27)9-18(8-16)14-27/h3-6,10-11,16-18H,7-9,12-15H2,1-2H3,(H,28,29). The summed E-state index contributed by atoms with van der Waals surface area (Å²) >= 11 is 0. The molecule has 1 atom stereocenters. The van der Waals surface area contributed by atoms with Gasteiger partial charge in [-0.05, 0) is 98.4 Å². The van der Waals surface area contributed by atoms with Crippen molar-refractivity contribution in [2.24, 2.45) is 17.8 Å². The number of hydrogen-bond donors (Lipinski definition) is 1. The van der Waals surface area contributed by atoms with E-state index < -0.39 is 11.4 Å². The summed E-state index contributed by atoms with van der Waals surface area (Å²) in [6.07, 6.45) is 8.24. The van der Waals surface area contributed by atoms with Gasteiger partial charge in [0.1, 0.15) is 18.1 Å². The van der Waals surface area contributed by atoms with Crippen LogP contribution >= 0.6 is 0 Å². The van der Waals surface area contributed by atoms with E-state index in [0.29, 0.717) is 17.6 Å². The zero-order valence-electron chi connectivity index (χ0n) is 18.3. The Bertz CT molecular complexity index is 1040. The zero-order chi connectivity index (χ0) is 21.4. The lowest BCUT2D eigenvalue weighted by Crippen LogP contribution is -2.48. The molecule has 162 valence electrons. The van der Waals surface area contributed by atoms with Gasteiger partial charge in [-0.3, -0.25) is 0 Å². The summed E-state index contributed by atoms with van der Waals surface area (Å²) < 4.78 is 11.9. The lowest BCUT2D eigenvalue weighted by molar-refractivity contribution is -0.00526. The van der Waals surface area contributed by atoms with Gasteiger partial charge in [-0.1, -0.05) is 12.1 Å². The molecule has 4 aliphatic carbocycles. The minimum atomic E-state index is -0.911. The Kier molecular flexibility index (Phi) is 4.03. The third-order valence-corrected chi connectivity index (χ3v) is 8.78. The molecule has 2 aromatic rings. The van der Waals surface area contributed by atoms with Crippen LogP contribution in [0.4, 0.5) is 0 Å². The summed E-state index contributed by atoms with van der Waals surface area (Å²) in [6.45, 7) is 2.65. The fourth-order valence-electron chi connectivity index (χ4n) is 7.68. The average molecular weight is 419 g/mol. The predicted molar refractivity (Wildman–Crippen MR) is 118 cm³/mol. The van der Waals surface area contributed by atoms with Crippen molar-refractivity contribution in [1.82, 2.24) is 0 Å². The van der Waals surface area contributed by atoms with Gasteiger partial charge in [0, 0.05) is 11.1 Å². The van der Waals surface area contributed by atoms with Crippen LogP contribution in [0, 0.1) is 17.8 Å². The summed E-state index contributed by atoms with van der Waals surface area (Å²) in [5, 5.41) is 9.53. The van der Waals surface area contributed by atoms with E-state index >= 15 is 0 Å². The summed E-state index contributed by atoms with van der Waals surface area (Å²) in [5.74, 6) is 3.39. The van der Waals surface area contributed by atoms with E-state index in [2.05, 4.69) is 25.1 Å². The Morgan fingerprint density at radius 2 is 1.68 bits per heavy atom. The van der Waals surface area contributed by atoms with Crippen LogP contribution < -0.4 is 9.47 Å². The van der Waals surface area contributed by atoms with Gasteiger partial charge in [0.2, 0.25) is 0 Å². The van der Waals surface area contributed by atoms with Crippen molar-refractivity contribution in [2.45, 2.75) is 56.3 Å². The fraction of sp³-hybridized carbons (Fsp3) is 0.519. The highest BCUT2D eigenvalue weighted by molar-refractivity contribution is 5.88. The first-order chi connectivity index (χ1) is 14.9. The Labute approximate surface area is 183 Å². The van der Waals surface area contributed by atoms with Gasteiger partial charge in [0.15, 0.2) is 0 Å². The second-order valence-electron chi connectivity index (χ2n) is 10.7. The van der Waals surface area contributed by atoms with Crippen molar-refractivity contribution in [3.8, 4) is 11.5 Å². The quantitative estimate of drug-likeness (QED) is 0.706. The van der Waals surface area contributed by atoms with E-state index in [9.17, 15) is 9.90 Å². The maximum atomic E-state index is 11.6. The largest absolute Gasteiger partial charge is 0.496 e. The Morgan fingerprint density at radius 1 is 1.00 bits per heavy atom. The number of rotatable bonds is 4. The lowest BCUT2D eigenvalue weighted by atomic mass is 9.48. The summed E-state index contributed by atoms with van der Waals surface area (Å²) in [5.41, 5.74) is 3.66. The Morgan fingerprint density at radius 3 is 2.29 bits per heavy atom. The molecule has 0 radical (unpaired) electrons. The normalized spacial score (nSPS) is 35.0. The number of fused-ring (bicyclic) bond motifs is 1. The second-order valence-corrected chi connectivity index (χ2v) is 10.7. The first kappa shape index (κ1) is 19.2. The first-order valence-corrected chi connectivity index (χ1v) is 11.6. The third kappa shape index (κ3) is 2.76. The summed E-state index contributed by atoms with van der Waals surface area (Å²) in [7, 11) is 1.72. The predicted octanol–water partition coefficient (Wildman–Crippen LogP) is 5.56. The van der Waals surface area contributed by atoms with Gasteiger partial charge in [-0.25, -0.2) is 4.79 Å².